The molecule has 1 fully saturated rings. The Bertz CT molecular complexity index is 417. The number of amides is 1. The number of ether oxygens (including phenoxy) is 1. The Labute approximate surface area is 95.0 Å². The van der Waals surface area contributed by atoms with E-state index in [1.165, 1.54) is 0 Å². The summed E-state index contributed by atoms with van der Waals surface area (Å²) in [6.07, 6.45) is 0.414. The topological polar surface area (TPSA) is 55.6 Å². The normalized spacial score (nSPS) is 20.3. The van der Waals surface area contributed by atoms with Crippen LogP contribution in [0, 0.1) is 6.92 Å². The van der Waals surface area contributed by atoms with Crippen LogP contribution < -0.4 is 15.4 Å². The van der Waals surface area contributed by atoms with E-state index in [4.69, 9.17) is 10.5 Å². The summed E-state index contributed by atoms with van der Waals surface area (Å²) in [5.74, 6) is 0.794. The quantitative estimate of drug-likeness (QED) is 0.811. The molecular weight excluding hydrogens is 204 g/mol. The third-order valence-electron chi connectivity index (χ3n) is 2.85. The molecule has 0 bridgehead atoms. The average Bonchev–Trinajstić information content (AvgIpc) is 2.57. The summed E-state index contributed by atoms with van der Waals surface area (Å²) >= 11 is 0. The van der Waals surface area contributed by atoms with E-state index in [2.05, 4.69) is 0 Å². The van der Waals surface area contributed by atoms with Gasteiger partial charge in [-0.1, -0.05) is 12.1 Å². The Balaban J connectivity index is 2.43. The zero-order valence-corrected chi connectivity index (χ0v) is 9.56. The van der Waals surface area contributed by atoms with Gasteiger partial charge in [-0.25, -0.2) is 0 Å². The Morgan fingerprint density at radius 2 is 2.25 bits per heavy atom. The number of aryl methyl sites for hydroxylation is 1. The van der Waals surface area contributed by atoms with Gasteiger partial charge in [0.1, 0.15) is 5.75 Å². The maximum absolute atomic E-state index is 11.8. The van der Waals surface area contributed by atoms with Crippen molar-refractivity contribution in [3.8, 4) is 5.75 Å². The monoisotopic (exact) mass is 220 g/mol. The number of nitrogens with zero attached hydrogens (tertiary/aromatic N) is 1. The van der Waals surface area contributed by atoms with E-state index in [1.807, 2.05) is 25.1 Å². The molecule has 1 aromatic rings. The molecule has 0 radical (unpaired) electrons. The number of hydrogen-bond donors (Lipinski definition) is 1. The van der Waals surface area contributed by atoms with Crippen molar-refractivity contribution in [3.63, 3.8) is 0 Å². The summed E-state index contributed by atoms with van der Waals surface area (Å²) in [6, 6.07) is 5.67. The molecule has 0 aromatic heterocycles. The Morgan fingerprint density at radius 1 is 1.50 bits per heavy atom. The molecule has 1 aliphatic rings. The smallest absolute Gasteiger partial charge is 0.228 e. The van der Waals surface area contributed by atoms with Crippen LogP contribution in [0.25, 0.3) is 0 Å². The van der Waals surface area contributed by atoms with Crippen molar-refractivity contribution in [1.82, 2.24) is 0 Å². The summed E-state index contributed by atoms with van der Waals surface area (Å²) < 4.78 is 5.29. The second kappa shape index (κ2) is 4.14. The molecule has 1 heterocycles. The van der Waals surface area contributed by atoms with Crippen molar-refractivity contribution in [2.24, 2.45) is 5.73 Å². The molecule has 1 amide bonds. The summed E-state index contributed by atoms with van der Waals surface area (Å²) in [5.41, 5.74) is 7.67. The molecule has 2 rings (SSSR count). The maximum atomic E-state index is 11.8. The van der Waals surface area contributed by atoms with E-state index in [0.717, 1.165) is 17.0 Å². The lowest BCUT2D eigenvalue weighted by atomic mass is 10.1. The molecule has 1 unspecified atom stereocenters. The molecule has 86 valence electrons. The number of methoxy groups -OCH3 is 1. The van der Waals surface area contributed by atoms with Gasteiger partial charge in [0.25, 0.3) is 0 Å². The predicted octanol–water partition coefficient (Wildman–Crippen LogP) is 1.07. The van der Waals surface area contributed by atoms with E-state index < -0.39 is 0 Å². The summed E-state index contributed by atoms with van der Waals surface area (Å²) in [4.78, 5) is 13.5. The molecule has 0 spiro atoms. The highest BCUT2D eigenvalue weighted by atomic mass is 16.5. The van der Waals surface area contributed by atoms with Crippen molar-refractivity contribution in [2.75, 3.05) is 18.6 Å². The summed E-state index contributed by atoms with van der Waals surface area (Å²) in [6.45, 7) is 2.54. The predicted molar refractivity (Wildman–Crippen MR) is 62.7 cm³/mol. The lowest BCUT2D eigenvalue weighted by Gasteiger charge is -2.21. The molecule has 4 nitrogen and oxygen atoms in total. The van der Waals surface area contributed by atoms with Crippen LogP contribution in [0.4, 0.5) is 5.69 Å². The second-order valence-corrected chi connectivity index (χ2v) is 4.09. The molecule has 4 heteroatoms. The molecule has 1 aromatic carbocycles. The number of nitrogens with two attached hydrogens (primary N) is 1. The van der Waals surface area contributed by atoms with Crippen LogP contribution in [-0.2, 0) is 4.79 Å². The molecule has 16 heavy (non-hydrogen) atoms. The van der Waals surface area contributed by atoms with Crippen molar-refractivity contribution in [3.05, 3.63) is 23.8 Å². The van der Waals surface area contributed by atoms with Gasteiger partial charge in [-0.05, 0) is 18.6 Å². The Morgan fingerprint density at radius 3 is 2.81 bits per heavy atom. The summed E-state index contributed by atoms with van der Waals surface area (Å²) in [7, 11) is 1.61. The number of benzene rings is 1. The minimum Gasteiger partial charge on any atom is -0.495 e. The van der Waals surface area contributed by atoms with Gasteiger partial charge in [0.05, 0.1) is 12.8 Å². The fourth-order valence-electron chi connectivity index (χ4n) is 2.09. The first-order chi connectivity index (χ1) is 7.63. The number of carbonyl (C=O) groups excluding carboxylic acids is 1. The van der Waals surface area contributed by atoms with E-state index in [1.54, 1.807) is 12.0 Å². The lowest BCUT2D eigenvalue weighted by Crippen LogP contribution is -2.28. The fraction of sp³-hybridized carbons (Fsp3) is 0.417. The van der Waals surface area contributed by atoms with Gasteiger partial charge in [0.15, 0.2) is 0 Å². The van der Waals surface area contributed by atoms with Gasteiger partial charge < -0.3 is 15.4 Å². The van der Waals surface area contributed by atoms with Crippen LogP contribution in [0.3, 0.4) is 0 Å². The van der Waals surface area contributed by atoms with Gasteiger partial charge in [0.2, 0.25) is 5.91 Å². The maximum Gasteiger partial charge on any atom is 0.228 e. The molecule has 2 N–H and O–H groups in total. The van der Waals surface area contributed by atoms with Gasteiger partial charge in [-0.15, -0.1) is 0 Å². The zero-order valence-electron chi connectivity index (χ0n) is 9.56. The minimum atomic E-state index is -0.0724. The number of carbonyl (C=O) groups is 1. The standard InChI is InChI=1S/C12H16N2O2/c1-8-4-3-5-10(16-2)12(8)14-7-9(13)6-11(14)15/h3-5,9H,6-7,13H2,1-2H3. The lowest BCUT2D eigenvalue weighted by molar-refractivity contribution is -0.117. The minimum absolute atomic E-state index is 0.0695. The Kier molecular flexibility index (Phi) is 2.83. The fourth-order valence-corrected chi connectivity index (χ4v) is 2.09. The van der Waals surface area contributed by atoms with Crippen LogP contribution in [0.15, 0.2) is 18.2 Å². The second-order valence-electron chi connectivity index (χ2n) is 4.09. The van der Waals surface area contributed by atoms with Crippen molar-refractivity contribution in [2.45, 2.75) is 19.4 Å². The van der Waals surface area contributed by atoms with Gasteiger partial charge in [-0.3, -0.25) is 4.79 Å². The van der Waals surface area contributed by atoms with Gasteiger partial charge >= 0.3 is 0 Å². The SMILES string of the molecule is COc1cccc(C)c1N1CC(N)CC1=O. The van der Waals surface area contributed by atoms with Gasteiger partial charge in [-0.2, -0.15) is 0 Å². The first-order valence-corrected chi connectivity index (χ1v) is 5.33. The highest BCUT2D eigenvalue weighted by molar-refractivity contribution is 5.98. The molecule has 1 atom stereocenters. The summed E-state index contributed by atoms with van der Waals surface area (Å²) in [5, 5.41) is 0. The first-order valence-electron chi connectivity index (χ1n) is 5.33. The molecule has 1 aliphatic heterocycles. The average molecular weight is 220 g/mol. The third kappa shape index (κ3) is 1.76. The largest absolute Gasteiger partial charge is 0.495 e. The van der Waals surface area contributed by atoms with E-state index in [0.29, 0.717) is 13.0 Å². The van der Waals surface area contributed by atoms with E-state index in [-0.39, 0.29) is 11.9 Å². The van der Waals surface area contributed by atoms with Crippen LogP contribution in [0.5, 0.6) is 5.75 Å². The molecule has 0 saturated carbocycles. The molecule has 0 aliphatic carbocycles. The zero-order chi connectivity index (χ0) is 11.7. The van der Waals surface area contributed by atoms with Crippen LogP contribution in [0.2, 0.25) is 0 Å². The van der Waals surface area contributed by atoms with E-state index in [9.17, 15) is 4.79 Å². The molecular formula is C12H16N2O2. The first kappa shape index (κ1) is 11.0. The number of rotatable bonds is 2. The number of anilines is 1. The number of hydrogen-bond acceptors (Lipinski definition) is 3. The Hall–Kier alpha value is -1.55. The molecule has 1 saturated heterocycles. The van der Waals surface area contributed by atoms with Crippen LogP contribution >= 0.6 is 0 Å². The number of para-hydroxylation sites is 1. The van der Waals surface area contributed by atoms with Crippen molar-refractivity contribution >= 4 is 11.6 Å². The van der Waals surface area contributed by atoms with Gasteiger partial charge in [0, 0.05) is 19.0 Å². The van der Waals surface area contributed by atoms with Crippen LogP contribution in [0.1, 0.15) is 12.0 Å². The highest BCUT2D eigenvalue weighted by Gasteiger charge is 2.30. The van der Waals surface area contributed by atoms with Crippen molar-refractivity contribution < 1.29 is 9.53 Å². The van der Waals surface area contributed by atoms with Crippen LogP contribution in [-0.4, -0.2) is 25.6 Å². The third-order valence-corrected chi connectivity index (χ3v) is 2.85. The van der Waals surface area contributed by atoms with Crippen molar-refractivity contribution in [1.29, 1.82) is 0 Å². The highest BCUT2D eigenvalue weighted by Crippen LogP contribution is 2.34. The van der Waals surface area contributed by atoms with E-state index >= 15 is 0 Å².